The summed E-state index contributed by atoms with van der Waals surface area (Å²) in [6, 6.07) is 1.99. The fraction of sp³-hybridized carbons (Fsp3) is 0.462. The van der Waals surface area contributed by atoms with Crippen LogP contribution in [0.5, 0.6) is 0 Å². The lowest BCUT2D eigenvalue weighted by atomic mass is 9.89. The Balaban J connectivity index is 1.49. The summed E-state index contributed by atoms with van der Waals surface area (Å²) >= 11 is 0. The van der Waals surface area contributed by atoms with E-state index in [-0.39, 0.29) is 70.0 Å². The Morgan fingerprint density at radius 3 is 0.972 bits per heavy atom. The molecule has 5 rings (SSSR count). The Hall–Kier alpha value is -3.82. The number of hydrogen-bond donors (Lipinski definition) is 4. The van der Waals surface area contributed by atoms with Crippen LogP contribution in [0.25, 0.3) is 0 Å². The van der Waals surface area contributed by atoms with Crippen molar-refractivity contribution in [1.82, 2.24) is 31.2 Å². The molecule has 0 radical (unpaired) electrons. The van der Waals surface area contributed by atoms with E-state index in [0.29, 0.717) is 25.7 Å². The van der Waals surface area contributed by atoms with Gasteiger partial charge < -0.3 is 21.3 Å². The summed E-state index contributed by atoms with van der Waals surface area (Å²) in [7, 11) is 0. The highest BCUT2D eigenvalue weighted by Crippen LogP contribution is 2.22. The largest absolute Gasteiger partial charge is 0.347 e. The van der Waals surface area contributed by atoms with Crippen LogP contribution in [0.15, 0.2) is 36.9 Å². The lowest BCUT2D eigenvalue weighted by molar-refractivity contribution is 0.0854. The summed E-state index contributed by atoms with van der Waals surface area (Å²) < 4.78 is 0. The first-order chi connectivity index (χ1) is 17.5. The fourth-order valence-electron chi connectivity index (χ4n) is 5.34. The maximum absolute atomic E-state index is 13.1. The number of fused-ring (bicyclic) bond motifs is 6. The Morgan fingerprint density at radius 2 is 0.722 bits per heavy atom. The van der Waals surface area contributed by atoms with Gasteiger partial charge in [0.05, 0.1) is 22.3 Å². The summed E-state index contributed by atoms with van der Waals surface area (Å²) in [5.41, 5.74) is 1.13. The van der Waals surface area contributed by atoms with Crippen LogP contribution in [0.4, 0.5) is 0 Å². The van der Waals surface area contributed by atoms with Crippen molar-refractivity contribution in [2.75, 3.05) is 0 Å². The zero-order chi connectivity index (χ0) is 25.1. The molecule has 2 saturated carbocycles. The smallest absolute Gasteiger partial charge is 0.253 e. The standard InChI is InChI=1S/C26H30N6O4/c33-23-15-9-17(13-27-11-15)25(35)31-21-7-3-4-8-22(21)32-26(36)18-10-16(12-28-14-18)24(34)30-20-6-2-1-5-19(20)29-23/h9-14,19-22H,1-8H2,(H,29,33)(H,30,34)(H,31,35)(H,32,36)/t19-,20-,21-,22-/m1/s1. The third-order valence-corrected chi connectivity index (χ3v) is 7.32. The van der Waals surface area contributed by atoms with E-state index in [0.717, 1.165) is 25.7 Å². The number of pyridine rings is 2. The van der Waals surface area contributed by atoms with Crippen LogP contribution in [-0.4, -0.2) is 57.8 Å². The number of hydrogen-bond acceptors (Lipinski definition) is 6. The second-order valence-corrected chi connectivity index (χ2v) is 9.81. The Kier molecular flexibility index (Phi) is 6.92. The van der Waals surface area contributed by atoms with Gasteiger partial charge in [-0.15, -0.1) is 0 Å². The van der Waals surface area contributed by atoms with Crippen LogP contribution in [0.1, 0.15) is 92.8 Å². The van der Waals surface area contributed by atoms with Gasteiger partial charge in [-0.1, -0.05) is 25.7 Å². The molecule has 36 heavy (non-hydrogen) atoms. The Labute approximate surface area is 209 Å². The molecule has 2 aliphatic carbocycles. The van der Waals surface area contributed by atoms with Crippen LogP contribution in [0.2, 0.25) is 0 Å². The molecule has 0 spiro atoms. The van der Waals surface area contributed by atoms with Gasteiger partial charge in [0.1, 0.15) is 0 Å². The zero-order valence-corrected chi connectivity index (χ0v) is 20.0. The Morgan fingerprint density at radius 1 is 0.472 bits per heavy atom. The maximum Gasteiger partial charge on any atom is 0.253 e. The second kappa shape index (κ2) is 10.4. The summed E-state index contributed by atoms with van der Waals surface area (Å²) in [6.45, 7) is 0. The molecular formula is C26H30N6O4. The predicted octanol–water partition coefficient (Wildman–Crippen LogP) is 1.73. The van der Waals surface area contributed by atoms with Crippen molar-refractivity contribution >= 4 is 23.6 Å². The fourth-order valence-corrected chi connectivity index (χ4v) is 5.34. The van der Waals surface area contributed by atoms with Crippen LogP contribution in [0.3, 0.4) is 0 Å². The van der Waals surface area contributed by atoms with Gasteiger partial charge in [-0.05, 0) is 37.8 Å². The molecule has 4 amide bonds. The quantitative estimate of drug-likeness (QED) is 0.443. The number of carbonyl (C=O) groups excluding carboxylic acids is 4. The first-order valence-electron chi connectivity index (χ1n) is 12.6. The van der Waals surface area contributed by atoms with Crippen LogP contribution < -0.4 is 21.3 Å². The Bertz CT molecular complexity index is 1010. The highest BCUT2D eigenvalue weighted by Gasteiger charge is 2.31. The molecular weight excluding hydrogens is 460 g/mol. The number of nitrogens with zero attached hydrogens (tertiary/aromatic N) is 2. The van der Waals surface area contributed by atoms with Crippen LogP contribution in [0, 0.1) is 0 Å². The van der Waals surface area contributed by atoms with E-state index in [4.69, 9.17) is 0 Å². The van der Waals surface area contributed by atoms with E-state index in [1.807, 2.05) is 0 Å². The molecule has 4 N–H and O–H groups in total. The number of nitrogens with one attached hydrogen (secondary N) is 4. The summed E-state index contributed by atoms with van der Waals surface area (Å²) in [5, 5.41) is 12.1. The van der Waals surface area contributed by atoms with E-state index in [1.165, 1.54) is 36.9 Å². The van der Waals surface area contributed by atoms with Gasteiger partial charge in [0.25, 0.3) is 23.6 Å². The molecule has 10 heteroatoms. The molecule has 0 unspecified atom stereocenters. The van der Waals surface area contributed by atoms with Crippen molar-refractivity contribution in [2.24, 2.45) is 0 Å². The summed E-state index contributed by atoms with van der Waals surface area (Å²) in [5.74, 6) is -1.35. The van der Waals surface area contributed by atoms with E-state index in [2.05, 4.69) is 31.2 Å². The van der Waals surface area contributed by atoms with Crippen molar-refractivity contribution < 1.29 is 19.2 Å². The van der Waals surface area contributed by atoms with E-state index < -0.39 is 0 Å². The molecule has 2 aromatic rings. The van der Waals surface area contributed by atoms with Gasteiger partial charge in [0, 0.05) is 49.0 Å². The molecule has 3 heterocycles. The highest BCUT2D eigenvalue weighted by atomic mass is 16.2. The number of amides is 4. The molecule has 4 bridgehead atoms. The van der Waals surface area contributed by atoms with E-state index >= 15 is 0 Å². The lowest BCUT2D eigenvalue weighted by Gasteiger charge is -2.33. The lowest BCUT2D eigenvalue weighted by Crippen LogP contribution is -2.54. The molecule has 1 aliphatic heterocycles. The summed E-state index contributed by atoms with van der Waals surface area (Å²) in [6.07, 6.45) is 12.3. The van der Waals surface area contributed by atoms with Crippen LogP contribution >= 0.6 is 0 Å². The second-order valence-electron chi connectivity index (χ2n) is 9.81. The minimum absolute atomic E-state index is 0.269. The average molecular weight is 491 g/mol. The van der Waals surface area contributed by atoms with Gasteiger partial charge in [-0.2, -0.15) is 0 Å². The van der Waals surface area contributed by atoms with Gasteiger partial charge in [0.15, 0.2) is 0 Å². The van der Waals surface area contributed by atoms with E-state index in [1.54, 1.807) is 0 Å². The molecule has 4 atom stereocenters. The summed E-state index contributed by atoms with van der Waals surface area (Å²) in [4.78, 5) is 60.5. The first kappa shape index (κ1) is 23.9. The zero-order valence-electron chi connectivity index (χ0n) is 20.0. The normalized spacial score (nSPS) is 27.1. The molecule has 188 valence electrons. The topological polar surface area (TPSA) is 142 Å². The minimum Gasteiger partial charge on any atom is -0.347 e. The molecule has 0 saturated heterocycles. The van der Waals surface area contributed by atoms with E-state index in [9.17, 15) is 19.2 Å². The molecule has 3 aliphatic rings. The van der Waals surface area contributed by atoms with Gasteiger partial charge in [0.2, 0.25) is 0 Å². The molecule has 2 aromatic heterocycles. The third kappa shape index (κ3) is 5.22. The number of aromatic nitrogens is 2. The van der Waals surface area contributed by atoms with Crippen molar-refractivity contribution in [1.29, 1.82) is 0 Å². The number of rotatable bonds is 0. The molecule has 0 aromatic carbocycles. The average Bonchev–Trinajstić information content (AvgIpc) is 2.90. The van der Waals surface area contributed by atoms with Crippen molar-refractivity contribution in [3.05, 3.63) is 59.2 Å². The van der Waals surface area contributed by atoms with Crippen molar-refractivity contribution in [3.63, 3.8) is 0 Å². The number of carbonyl (C=O) groups is 4. The highest BCUT2D eigenvalue weighted by molar-refractivity contribution is 6.01. The molecule has 10 nitrogen and oxygen atoms in total. The van der Waals surface area contributed by atoms with Gasteiger partial charge in [-0.25, -0.2) is 0 Å². The maximum atomic E-state index is 13.1. The minimum atomic E-state index is -0.337. The third-order valence-electron chi connectivity index (χ3n) is 7.32. The first-order valence-corrected chi connectivity index (χ1v) is 12.6. The van der Waals surface area contributed by atoms with Gasteiger partial charge >= 0.3 is 0 Å². The van der Waals surface area contributed by atoms with Crippen molar-refractivity contribution in [3.8, 4) is 0 Å². The van der Waals surface area contributed by atoms with Crippen molar-refractivity contribution in [2.45, 2.75) is 75.5 Å². The van der Waals surface area contributed by atoms with Gasteiger partial charge in [-0.3, -0.25) is 29.1 Å². The van der Waals surface area contributed by atoms with Crippen LogP contribution in [-0.2, 0) is 0 Å². The molecule has 2 fully saturated rings. The monoisotopic (exact) mass is 490 g/mol. The SMILES string of the molecule is O=C1N[C@@H]2CCCC[C@H]2NC(=O)c2cncc(c2)C(=O)N[C@@H]2CCCC[C@H]2NC(=O)c2cncc1c2. The predicted molar refractivity (Wildman–Crippen MR) is 130 cm³/mol.